The molecule has 3 rings (SSSR count). The molecule has 0 bridgehead atoms. The standard InChI is InChI=1S/C19H16ClN3O4/c1-11-7-8-12(9-15(11)20)21-16(24)10-27-19(26)17-13-5-3-4-6-14(13)18(25)23(2)22-17/h3-9H,10H2,1-2H3,(H,21,24). The third-order valence-corrected chi connectivity index (χ3v) is 4.35. The van der Waals surface area contributed by atoms with Crippen LogP contribution in [0.2, 0.25) is 5.02 Å². The maximum atomic E-state index is 12.4. The number of fused-ring (bicyclic) bond motifs is 1. The van der Waals surface area contributed by atoms with Crippen molar-refractivity contribution in [2.75, 3.05) is 11.9 Å². The Hall–Kier alpha value is -3.19. The Balaban J connectivity index is 1.73. The first kappa shape index (κ1) is 18.6. The quantitative estimate of drug-likeness (QED) is 0.697. The van der Waals surface area contributed by atoms with Gasteiger partial charge in [0.05, 0.1) is 5.39 Å². The first-order chi connectivity index (χ1) is 12.9. The zero-order valence-electron chi connectivity index (χ0n) is 14.7. The fourth-order valence-corrected chi connectivity index (χ4v) is 2.70. The summed E-state index contributed by atoms with van der Waals surface area (Å²) in [5, 5.41) is 7.80. The van der Waals surface area contributed by atoms with E-state index in [-0.39, 0.29) is 11.3 Å². The molecule has 3 aromatic rings. The lowest BCUT2D eigenvalue weighted by Crippen LogP contribution is -2.26. The molecule has 0 atom stereocenters. The van der Waals surface area contributed by atoms with Gasteiger partial charge in [0, 0.05) is 23.1 Å². The van der Waals surface area contributed by atoms with Gasteiger partial charge in [-0.05, 0) is 30.7 Å². The highest BCUT2D eigenvalue weighted by atomic mass is 35.5. The van der Waals surface area contributed by atoms with Crippen LogP contribution in [0.3, 0.4) is 0 Å². The van der Waals surface area contributed by atoms with E-state index in [0.29, 0.717) is 21.5 Å². The molecule has 0 aliphatic carbocycles. The van der Waals surface area contributed by atoms with Gasteiger partial charge >= 0.3 is 5.97 Å². The number of aryl methyl sites for hydroxylation is 2. The summed E-state index contributed by atoms with van der Waals surface area (Å²) < 4.78 is 6.12. The van der Waals surface area contributed by atoms with E-state index in [0.717, 1.165) is 10.2 Å². The van der Waals surface area contributed by atoms with Gasteiger partial charge in [0.1, 0.15) is 0 Å². The summed E-state index contributed by atoms with van der Waals surface area (Å²) in [7, 11) is 1.44. The third kappa shape index (κ3) is 3.98. The van der Waals surface area contributed by atoms with Crippen LogP contribution in [-0.4, -0.2) is 28.3 Å². The summed E-state index contributed by atoms with van der Waals surface area (Å²) in [5.74, 6) is -1.31. The second-order valence-corrected chi connectivity index (χ2v) is 6.32. The van der Waals surface area contributed by atoms with Crippen molar-refractivity contribution in [1.29, 1.82) is 0 Å². The number of halogens is 1. The van der Waals surface area contributed by atoms with E-state index in [1.165, 1.54) is 7.05 Å². The van der Waals surface area contributed by atoms with Crippen molar-refractivity contribution in [3.63, 3.8) is 0 Å². The molecule has 8 heteroatoms. The Bertz CT molecular complexity index is 1110. The number of benzene rings is 2. The molecule has 138 valence electrons. The molecule has 2 aromatic carbocycles. The molecule has 1 heterocycles. The van der Waals surface area contributed by atoms with Gasteiger partial charge in [-0.3, -0.25) is 9.59 Å². The number of nitrogens with zero attached hydrogens (tertiary/aromatic N) is 2. The van der Waals surface area contributed by atoms with Crippen LogP contribution >= 0.6 is 11.6 Å². The number of aromatic nitrogens is 2. The monoisotopic (exact) mass is 385 g/mol. The molecule has 0 fully saturated rings. The van der Waals surface area contributed by atoms with Gasteiger partial charge in [0.2, 0.25) is 0 Å². The molecule has 1 aromatic heterocycles. The van der Waals surface area contributed by atoms with Gasteiger partial charge < -0.3 is 10.1 Å². The van der Waals surface area contributed by atoms with E-state index >= 15 is 0 Å². The maximum absolute atomic E-state index is 12.4. The van der Waals surface area contributed by atoms with Crippen molar-refractivity contribution >= 4 is 39.9 Å². The SMILES string of the molecule is Cc1ccc(NC(=O)COC(=O)c2nn(C)c(=O)c3ccccc23)cc1Cl. The molecular weight excluding hydrogens is 370 g/mol. The molecule has 0 aliphatic heterocycles. The Labute approximate surface area is 159 Å². The Morgan fingerprint density at radius 1 is 1.19 bits per heavy atom. The van der Waals surface area contributed by atoms with Crippen molar-refractivity contribution < 1.29 is 14.3 Å². The Kier molecular flexibility index (Phi) is 5.23. The smallest absolute Gasteiger partial charge is 0.359 e. The minimum atomic E-state index is -0.793. The average Bonchev–Trinajstić information content (AvgIpc) is 2.66. The Morgan fingerprint density at radius 2 is 1.89 bits per heavy atom. The van der Waals surface area contributed by atoms with Crippen molar-refractivity contribution in [2.24, 2.45) is 7.05 Å². The van der Waals surface area contributed by atoms with Crippen LogP contribution in [0.15, 0.2) is 47.3 Å². The molecular formula is C19H16ClN3O4. The van der Waals surface area contributed by atoms with Gasteiger partial charge in [-0.1, -0.05) is 35.9 Å². The van der Waals surface area contributed by atoms with Gasteiger partial charge in [-0.2, -0.15) is 5.10 Å². The number of esters is 1. The summed E-state index contributed by atoms with van der Waals surface area (Å²) in [6.45, 7) is 1.35. The molecule has 7 nitrogen and oxygen atoms in total. The van der Waals surface area contributed by atoms with Crippen LogP contribution in [0.1, 0.15) is 16.1 Å². The van der Waals surface area contributed by atoms with Crippen LogP contribution < -0.4 is 10.9 Å². The topological polar surface area (TPSA) is 90.3 Å². The molecule has 0 unspecified atom stereocenters. The number of hydrogen-bond donors (Lipinski definition) is 1. The van der Waals surface area contributed by atoms with Crippen LogP contribution in [0.5, 0.6) is 0 Å². The average molecular weight is 386 g/mol. The number of anilines is 1. The minimum absolute atomic E-state index is 0.0288. The number of nitrogens with one attached hydrogen (secondary N) is 1. The molecule has 0 saturated carbocycles. The summed E-state index contributed by atoms with van der Waals surface area (Å²) in [5.41, 5.74) is 1.03. The zero-order chi connectivity index (χ0) is 19.6. The van der Waals surface area contributed by atoms with Crippen molar-refractivity contribution in [1.82, 2.24) is 9.78 Å². The maximum Gasteiger partial charge on any atom is 0.359 e. The first-order valence-corrected chi connectivity index (χ1v) is 8.44. The fraction of sp³-hybridized carbons (Fsp3) is 0.158. The number of amides is 1. The van der Waals surface area contributed by atoms with Crippen LogP contribution in [-0.2, 0) is 16.6 Å². The summed E-state index contributed by atoms with van der Waals surface area (Å²) in [4.78, 5) is 36.5. The highest BCUT2D eigenvalue weighted by Gasteiger charge is 2.18. The van der Waals surface area contributed by atoms with Gasteiger partial charge in [-0.15, -0.1) is 0 Å². The molecule has 1 N–H and O–H groups in total. The molecule has 0 aliphatic rings. The second kappa shape index (κ2) is 7.59. The first-order valence-electron chi connectivity index (χ1n) is 8.06. The highest BCUT2D eigenvalue weighted by molar-refractivity contribution is 6.31. The van der Waals surface area contributed by atoms with E-state index in [9.17, 15) is 14.4 Å². The van der Waals surface area contributed by atoms with E-state index in [1.54, 1.807) is 42.5 Å². The van der Waals surface area contributed by atoms with Crippen molar-refractivity contribution in [2.45, 2.75) is 6.92 Å². The van der Waals surface area contributed by atoms with E-state index in [4.69, 9.17) is 16.3 Å². The predicted molar refractivity (Wildman–Crippen MR) is 102 cm³/mol. The lowest BCUT2D eigenvalue weighted by molar-refractivity contribution is -0.119. The number of carbonyl (C=O) groups excluding carboxylic acids is 2. The minimum Gasteiger partial charge on any atom is -0.451 e. The van der Waals surface area contributed by atoms with E-state index in [1.807, 2.05) is 6.92 Å². The van der Waals surface area contributed by atoms with E-state index in [2.05, 4.69) is 10.4 Å². The number of rotatable bonds is 4. The molecule has 0 spiro atoms. The number of ether oxygens (including phenoxy) is 1. The number of hydrogen-bond acceptors (Lipinski definition) is 5. The van der Waals surface area contributed by atoms with Gasteiger partial charge in [-0.25, -0.2) is 9.48 Å². The molecule has 0 saturated heterocycles. The Morgan fingerprint density at radius 3 is 2.59 bits per heavy atom. The zero-order valence-corrected chi connectivity index (χ0v) is 15.4. The van der Waals surface area contributed by atoms with Gasteiger partial charge in [0.25, 0.3) is 11.5 Å². The molecule has 1 amide bonds. The van der Waals surface area contributed by atoms with E-state index < -0.39 is 18.5 Å². The summed E-state index contributed by atoms with van der Waals surface area (Å²) in [6.07, 6.45) is 0. The van der Waals surface area contributed by atoms with Crippen molar-refractivity contribution in [3.05, 3.63) is 69.1 Å². The normalized spacial score (nSPS) is 10.6. The molecule has 0 radical (unpaired) electrons. The van der Waals surface area contributed by atoms with Crippen LogP contribution in [0.25, 0.3) is 10.8 Å². The highest BCUT2D eigenvalue weighted by Crippen LogP contribution is 2.20. The van der Waals surface area contributed by atoms with Crippen LogP contribution in [0, 0.1) is 6.92 Å². The van der Waals surface area contributed by atoms with Gasteiger partial charge in [0.15, 0.2) is 12.3 Å². The third-order valence-electron chi connectivity index (χ3n) is 3.94. The lowest BCUT2D eigenvalue weighted by Gasteiger charge is -2.09. The van der Waals surface area contributed by atoms with Crippen LogP contribution in [0.4, 0.5) is 5.69 Å². The predicted octanol–water partition coefficient (Wildman–Crippen LogP) is 2.69. The molecule has 27 heavy (non-hydrogen) atoms. The largest absolute Gasteiger partial charge is 0.451 e. The summed E-state index contributed by atoms with van der Waals surface area (Å²) >= 11 is 6.02. The van der Waals surface area contributed by atoms with Crippen molar-refractivity contribution in [3.8, 4) is 0 Å². The lowest BCUT2D eigenvalue weighted by atomic mass is 10.1. The summed E-state index contributed by atoms with van der Waals surface area (Å²) in [6, 6.07) is 11.7. The fourth-order valence-electron chi connectivity index (χ4n) is 2.52. The second-order valence-electron chi connectivity index (χ2n) is 5.91. The number of carbonyl (C=O) groups is 2.